The number of aromatic nitrogens is 2. The van der Waals surface area contributed by atoms with E-state index in [9.17, 15) is 5.26 Å². The zero-order valence-corrected chi connectivity index (χ0v) is 11.5. The van der Waals surface area contributed by atoms with Crippen molar-refractivity contribution in [3.63, 3.8) is 0 Å². The van der Waals surface area contributed by atoms with Gasteiger partial charge < -0.3 is 4.42 Å². The maximum atomic E-state index is 9.41. The van der Waals surface area contributed by atoms with Crippen LogP contribution in [0, 0.1) is 22.7 Å². The molecule has 3 aromatic rings. The smallest absolute Gasteiger partial charge is 0.115 e. The largest absolute Gasteiger partial charge is 0.468 e. The van der Waals surface area contributed by atoms with E-state index in [0.717, 1.165) is 11.1 Å². The minimum Gasteiger partial charge on any atom is -0.468 e. The molecule has 22 heavy (non-hydrogen) atoms. The third kappa shape index (κ3) is 2.44. The van der Waals surface area contributed by atoms with Crippen molar-refractivity contribution in [1.82, 2.24) is 9.97 Å². The molecule has 0 N–H and O–H groups in total. The van der Waals surface area contributed by atoms with E-state index in [1.165, 1.54) is 6.33 Å². The van der Waals surface area contributed by atoms with Gasteiger partial charge in [-0.1, -0.05) is 6.07 Å². The molecule has 5 heteroatoms. The Kier molecular flexibility index (Phi) is 3.63. The predicted octanol–water partition coefficient (Wildman–Crippen LogP) is 2.99. The van der Waals surface area contributed by atoms with Gasteiger partial charge in [-0.25, -0.2) is 9.97 Å². The van der Waals surface area contributed by atoms with Gasteiger partial charge in [-0.05, 0) is 29.8 Å². The Morgan fingerprint density at radius 1 is 1.05 bits per heavy atom. The highest BCUT2D eigenvalue weighted by molar-refractivity contribution is 5.51. The Hall–Kier alpha value is -3.44. The molecule has 0 amide bonds. The first-order chi connectivity index (χ1) is 10.8. The molecule has 0 spiro atoms. The van der Waals surface area contributed by atoms with E-state index in [0.29, 0.717) is 16.9 Å². The lowest BCUT2D eigenvalue weighted by atomic mass is 9.87. The molecule has 0 saturated carbocycles. The number of hydrogen-bond donors (Lipinski definition) is 0. The number of benzene rings is 1. The number of hydrogen-bond acceptors (Lipinski definition) is 5. The summed E-state index contributed by atoms with van der Waals surface area (Å²) >= 11 is 0. The van der Waals surface area contributed by atoms with Crippen LogP contribution in [0.1, 0.15) is 33.9 Å². The number of rotatable bonds is 3. The van der Waals surface area contributed by atoms with E-state index in [2.05, 4.69) is 16.0 Å². The van der Waals surface area contributed by atoms with Crippen LogP contribution in [0.25, 0.3) is 0 Å². The normalized spacial score (nSPS) is 11.4. The molecule has 5 nitrogen and oxygen atoms in total. The summed E-state index contributed by atoms with van der Waals surface area (Å²) in [5.41, 5.74) is 2.46. The van der Waals surface area contributed by atoms with Gasteiger partial charge in [0.15, 0.2) is 0 Å². The topological polar surface area (TPSA) is 86.5 Å². The summed E-state index contributed by atoms with van der Waals surface area (Å²) in [6, 6.07) is 12.9. The molecule has 104 valence electrons. The van der Waals surface area contributed by atoms with Crippen LogP contribution >= 0.6 is 0 Å². The maximum absolute atomic E-state index is 9.41. The highest BCUT2D eigenvalue weighted by Gasteiger charge is 2.23. The van der Waals surface area contributed by atoms with Gasteiger partial charge in [0, 0.05) is 18.0 Å². The van der Waals surface area contributed by atoms with Crippen molar-refractivity contribution in [2.75, 3.05) is 0 Å². The molecule has 0 radical (unpaired) electrons. The van der Waals surface area contributed by atoms with Crippen LogP contribution in [0.15, 0.2) is 59.7 Å². The lowest BCUT2D eigenvalue weighted by molar-refractivity contribution is 0.502. The second kappa shape index (κ2) is 5.90. The summed E-state index contributed by atoms with van der Waals surface area (Å²) < 4.78 is 5.53. The molecule has 3 rings (SSSR count). The summed E-state index contributed by atoms with van der Waals surface area (Å²) in [5.74, 6) is 0.398. The Labute approximate surface area is 127 Å². The second-order valence-electron chi connectivity index (χ2n) is 4.65. The van der Waals surface area contributed by atoms with Gasteiger partial charge in [-0.2, -0.15) is 10.5 Å². The lowest BCUT2D eigenvalue weighted by Gasteiger charge is -2.16. The Morgan fingerprint density at radius 2 is 1.86 bits per heavy atom. The van der Waals surface area contributed by atoms with E-state index < -0.39 is 0 Å². The molecule has 0 saturated heterocycles. The quantitative estimate of drug-likeness (QED) is 0.738. The minimum absolute atomic E-state index is 0.293. The van der Waals surface area contributed by atoms with E-state index >= 15 is 0 Å². The van der Waals surface area contributed by atoms with Crippen LogP contribution < -0.4 is 0 Å². The van der Waals surface area contributed by atoms with Crippen LogP contribution in [0.5, 0.6) is 0 Å². The molecular formula is C17H10N4O. The van der Waals surface area contributed by atoms with Crippen LogP contribution in [0.4, 0.5) is 0 Å². The highest BCUT2D eigenvalue weighted by Crippen LogP contribution is 2.33. The average Bonchev–Trinajstić information content (AvgIpc) is 3.10. The number of furan rings is 1. The fourth-order valence-electron chi connectivity index (χ4n) is 2.39. The third-order valence-corrected chi connectivity index (χ3v) is 3.36. The summed E-state index contributed by atoms with van der Waals surface area (Å²) in [6.07, 6.45) is 6.42. The van der Waals surface area contributed by atoms with Crippen molar-refractivity contribution in [3.8, 4) is 12.1 Å². The van der Waals surface area contributed by atoms with Crippen LogP contribution in [0.2, 0.25) is 0 Å². The van der Waals surface area contributed by atoms with Crippen molar-refractivity contribution in [2.24, 2.45) is 0 Å². The summed E-state index contributed by atoms with van der Waals surface area (Å²) in [6.45, 7) is 0. The summed E-state index contributed by atoms with van der Waals surface area (Å²) in [4.78, 5) is 8.08. The molecule has 0 aliphatic rings. The molecule has 2 aromatic heterocycles. The number of nitrogens with zero attached hydrogens (tertiary/aromatic N) is 4. The Morgan fingerprint density at radius 3 is 2.50 bits per heavy atom. The van der Waals surface area contributed by atoms with E-state index in [1.807, 2.05) is 12.1 Å². The van der Waals surface area contributed by atoms with Gasteiger partial charge in [-0.15, -0.1) is 0 Å². The molecule has 0 bridgehead atoms. The Balaban J connectivity index is 2.20. The monoisotopic (exact) mass is 286 g/mol. The van der Waals surface area contributed by atoms with Crippen LogP contribution in [-0.4, -0.2) is 9.97 Å². The van der Waals surface area contributed by atoms with Gasteiger partial charge in [-0.3, -0.25) is 0 Å². The summed E-state index contributed by atoms with van der Waals surface area (Å²) in [5, 5.41) is 18.4. The first kappa shape index (κ1) is 13.5. The molecule has 0 aliphatic carbocycles. The lowest BCUT2D eigenvalue weighted by Crippen LogP contribution is -2.06. The Bertz CT molecular complexity index is 858. The molecule has 1 aromatic carbocycles. The summed E-state index contributed by atoms with van der Waals surface area (Å²) in [7, 11) is 0. The van der Waals surface area contributed by atoms with Crippen molar-refractivity contribution in [3.05, 3.63) is 83.3 Å². The third-order valence-electron chi connectivity index (χ3n) is 3.36. The fourth-order valence-corrected chi connectivity index (χ4v) is 2.39. The zero-order valence-electron chi connectivity index (χ0n) is 11.5. The average molecular weight is 286 g/mol. The van der Waals surface area contributed by atoms with Gasteiger partial charge >= 0.3 is 0 Å². The van der Waals surface area contributed by atoms with Gasteiger partial charge in [0.1, 0.15) is 12.1 Å². The minimum atomic E-state index is -0.293. The molecule has 1 atom stereocenters. The van der Waals surface area contributed by atoms with E-state index in [1.54, 1.807) is 42.9 Å². The van der Waals surface area contributed by atoms with Crippen molar-refractivity contribution in [2.45, 2.75) is 5.92 Å². The first-order valence-electron chi connectivity index (χ1n) is 6.56. The molecule has 1 unspecified atom stereocenters. The highest BCUT2D eigenvalue weighted by atomic mass is 16.3. The van der Waals surface area contributed by atoms with Crippen molar-refractivity contribution in [1.29, 1.82) is 10.5 Å². The molecule has 2 heterocycles. The van der Waals surface area contributed by atoms with Gasteiger partial charge in [0.05, 0.1) is 35.4 Å². The second-order valence-corrected chi connectivity index (χ2v) is 4.65. The van der Waals surface area contributed by atoms with Crippen molar-refractivity contribution >= 4 is 0 Å². The van der Waals surface area contributed by atoms with Gasteiger partial charge in [0.25, 0.3) is 0 Å². The SMILES string of the molecule is N#Cc1ccc(C(c2cncnc2)c2ccco2)c(C#N)c1. The van der Waals surface area contributed by atoms with E-state index in [-0.39, 0.29) is 5.92 Å². The van der Waals surface area contributed by atoms with E-state index in [4.69, 9.17) is 9.68 Å². The predicted molar refractivity (Wildman–Crippen MR) is 77.6 cm³/mol. The first-order valence-corrected chi connectivity index (χ1v) is 6.56. The maximum Gasteiger partial charge on any atom is 0.115 e. The fraction of sp³-hybridized carbons (Fsp3) is 0.0588. The number of nitriles is 2. The molecule has 0 fully saturated rings. The molecule has 0 aliphatic heterocycles. The van der Waals surface area contributed by atoms with Gasteiger partial charge in [0.2, 0.25) is 0 Å². The van der Waals surface area contributed by atoms with Crippen molar-refractivity contribution < 1.29 is 4.42 Å². The standard InChI is InChI=1S/C17H10N4O/c18-7-12-3-4-15(13(6-12)8-19)17(16-2-1-5-22-16)14-9-20-11-21-10-14/h1-6,9-11,17H. The van der Waals surface area contributed by atoms with Crippen LogP contribution in [0.3, 0.4) is 0 Å². The zero-order chi connectivity index (χ0) is 15.4. The molecular weight excluding hydrogens is 276 g/mol. The van der Waals surface area contributed by atoms with Crippen LogP contribution in [-0.2, 0) is 0 Å².